The molecule has 0 aliphatic heterocycles. The van der Waals surface area contributed by atoms with Gasteiger partial charge in [-0.1, -0.05) is 78.3 Å². The minimum absolute atomic E-state index is 0.0603. The van der Waals surface area contributed by atoms with E-state index < -0.39 is 0 Å². The molecule has 0 fully saturated rings. The summed E-state index contributed by atoms with van der Waals surface area (Å²) in [6.45, 7) is 0. The Kier molecular flexibility index (Phi) is 3.70. The monoisotopic (exact) mass is 270 g/mol. The fourth-order valence-corrected chi connectivity index (χ4v) is 2.42. The van der Waals surface area contributed by atoms with Crippen molar-refractivity contribution in [1.29, 1.82) is 0 Å². The number of carbonyl (C=O) groups is 1. The van der Waals surface area contributed by atoms with Gasteiger partial charge in [-0.05, 0) is 17.2 Å². The zero-order chi connectivity index (χ0) is 14.7. The molecule has 3 aromatic carbocycles. The summed E-state index contributed by atoms with van der Waals surface area (Å²) in [5, 5.41) is 0. The van der Waals surface area contributed by atoms with Crippen molar-refractivity contribution in [1.82, 2.24) is 0 Å². The van der Waals surface area contributed by atoms with Crippen LogP contribution in [-0.2, 0) is 0 Å². The molecule has 0 aliphatic rings. The third-order valence-electron chi connectivity index (χ3n) is 3.51. The number of ketones is 1. The van der Waals surface area contributed by atoms with Crippen molar-refractivity contribution >= 4 is 19.1 Å². The Morgan fingerprint density at radius 2 is 1.29 bits per heavy atom. The fraction of sp³-hybridized carbons (Fsp3) is 0. The number of benzene rings is 3. The van der Waals surface area contributed by atoms with Crippen LogP contribution in [-0.4, -0.2) is 13.6 Å². The van der Waals surface area contributed by atoms with Crippen molar-refractivity contribution in [2.75, 3.05) is 0 Å². The van der Waals surface area contributed by atoms with E-state index in [-0.39, 0.29) is 5.78 Å². The summed E-state index contributed by atoms with van der Waals surface area (Å²) in [5.74, 6) is 0.0603. The lowest BCUT2D eigenvalue weighted by Gasteiger charge is -2.06. The number of hydrogen-bond acceptors (Lipinski definition) is 1. The van der Waals surface area contributed by atoms with Crippen molar-refractivity contribution in [3.63, 3.8) is 0 Å². The van der Waals surface area contributed by atoms with E-state index in [9.17, 15) is 4.79 Å². The maximum Gasteiger partial charge on any atom is 0.193 e. The number of hydrogen-bond donors (Lipinski definition) is 0. The molecule has 0 atom stereocenters. The second-order valence-corrected chi connectivity index (χ2v) is 5.15. The molecule has 0 spiro atoms. The first-order valence-electron chi connectivity index (χ1n) is 7.01. The van der Waals surface area contributed by atoms with Crippen molar-refractivity contribution in [2.45, 2.75) is 0 Å². The Bertz CT molecular complexity index is 778. The second kappa shape index (κ2) is 5.80. The van der Waals surface area contributed by atoms with Crippen LogP contribution in [0.2, 0.25) is 0 Å². The van der Waals surface area contributed by atoms with Crippen LogP contribution in [0.15, 0.2) is 78.9 Å². The van der Waals surface area contributed by atoms with E-state index in [1.54, 1.807) is 0 Å². The van der Waals surface area contributed by atoms with E-state index in [4.69, 9.17) is 0 Å². The largest absolute Gasteiger partial charge is 0.289 e. The lowest BCUT2D eigenvalue weighted by atomic mass is 9.91. The Morgan fingerprint density at radius 1 is 0.667 bits per heavy atom. The topological polar surface area (TPSA) is 17.1 Å². The molecule has 3 rings (SSSR count). The fourth-order valence-electron chi connectivity index (χ4n) is 2.42. The van der Waals surface area contributed by atoms with Gasteiger partial charge in [-0.3, -0.25) is 4.79 Å². The van der Waals surface area contributed by atoms with Gasteiger partial charge in [0.2, 0.25) is 0 Å². The van der Waals surface area contributed by atoms with Crippen LogP contribution in [0.1, 0.15) is 15.9 Å². The van der Waals surface area contributed by atoms with E-state index in [1.165, 1.54) is 5.46 Å². The Hall–Kier alpha value is -2.61. The molecule has 3 aromatic rings. The molecule has 0 bridgehead atoms. The zero-order valence-electron chi connectivity index (χ0n) is 11.9. The predicted octanol–water partition coefficient (Wildman–Crippen LogP) is 2.84. The highest BCUT2D eigenvalue weighted by molar-refractivity contribution is 6.32. The van der Waals surface area contributed by atoms with Crippen LogP contribution in [0.3, 0.4) is 0 Å². The van der Waals surface area contributed by atoms with Gasteiger partial charge in [0.1, 0.15) is 7.85 Å². The highest BCUT2D eigenvalue weighted by Crippen LogP contribution is 2.20. The Labute approximate surface area is 125 Å². The molecule has 0 N–H and O–H groups in total. The molecule has 0 aromatic heterocycles. The van der Waals surface area contributed by atoms with Crippen molar-refractivity contribution in [2.24, 2.45) is 0 Å². The highest BCUT2D eigenvalue weighted by Gasteiger charge is 2.09. The highest BCUT2D eigenvalue weighted by atomic mass is 16.1. The lowest BCUT2D eigenvalue weighted by Crippen LogP contribution is -2.02. The molecular formula is C19H15BO. The summed E-state index contributed by atoms with van der Waals surface area (Å²) in [6, 6.07) is 25.5. The summed E-state index contributed by atoms with van der Waals surface area (Å²) in [4.78, 5) is 12.5. The van der Waals surface area contributed by atoms with E-state index in [2.05, 4.69) is 26.0 Å². The number of carbonyl (C=O) groups excluding carboxylic acids is 1. The molecule has 0 radical (unpaired) electrons. The van der Waals surface area contributed by atoms with Crippen LogP contribution in [0.25, 0.3) is 11.1 Å². The SMILES string of the molecule is Bc1cccc(-c2cccc(C(=O)c3ccccc3)c2)c1. The summed E-state index contributed by atoms with van der Waals surface area (Å²) >= 11 is 0. The van der Waals surface area contributed by atoms with Gasteiger partial charge in [-0.15, -0.1) is 0 Å². The average molecular weight is 270 g/mol. The standard InChI is InChI=1S/C19H15BO/c20-18-11-5-9-16(13-18)15-8-4-10-17(12-15)19(21)14-6-2-1-3-7-14/h1-13H,20H2. The summed E-state index contributed by atoms with van der Waals surface area (Å²) in [5.41, 5.74) is 4.87. The van der Waals surface area contributed by atoms with Gasteiger partial charge >= 0.3 is 0 Å². The molecule has 0 aliphatic carbocycles. The van der Waals surface area contributed by atoms with Gasteiger partial charge in [0.15, 0.2) is 5.78 Å². The number of rotatable bonds is 3. The molecule has 0 unspecified atom stereocenters. The van der Waals surface area contributed by atoms with Crippen LogP contribution in [0.4, 0.5) is 0 Å². The Morgan fingerprint density at radius 3 is 2.00 bits per heavy atom. The van der Waals surface area contributed by atoms with Crippen LogP contribution in [0, 0.1) is 0 Å². The normalized spacial score (nSPS) is 10.3. The van der Waals surface area contributed by atoms with Crippen molar-refractivity contribution < 1.29 is 4.79 Å². The van der Waals surface area contributed by atoms with E-state index in [0.29, 0.717) is 0 Å². The zero-order valence-corrected chi connectivity index (χ0v) is 11.9. The first-order valence-corrected chi connectivity index (χ1v) is 7.01. The maximum absolute atomic E-state index is 12.5. The minimum atomic E-state index is 0.0603. The maximum atomic E-state index is 12.5. The first-order chi connectivity index (χ1) is 10.2. The summed E-state index contributed by atoms with van der Waals surface area (Å²) < 4.78 is 0. The molecular weight excluding hydrogens is 255 g/mol. The van der Waals surface area contributed by atoms with E-state index in [0.717, 1.165) is 22.3 Å². The molecule has 1 nitrogen and oxygen atoms in total. The minimum Gasteiger partial charge on any atom is -0.289 e. The second-order valence-electron chi connectivity index (χ2n) is 5.15. The summed E-state index contributed by atoms with van der Waals surface area (Å²) in [6.07, 6.45) is 0. The molecule has 2 heteroatoms. The third kappa shape index (κ3) is 2.95. The average Bonchev–Trinajstić information content (AvgIpc) is 2.55. The van der Waals surface area contributed by atoms with E-state index in [1.807, 2.05) is 60.7 Å². The molecule has 100 valence electrons. The smallest absolute Gasteiger partial charge is 0.193 e. The van der Waals surface area contributed by atoms with Gasteiger partial charge in [0.25, 0.3) is 0 Å². The van der Waals surface area contributed by atoms with Gasteiger partial charge in [0.05, 0.1) is 0 Å². The lowest BCUT2D eigenvalue weighted by molar-refractivity contribution is 0.103. The van der Waals surface area contributed by atoms with E-state index >= 15 is 0 Å². The Balaban J connectivity index is 1.99. The molecule has 21 heavy (non-hydrogen) atoms. The van der Waals surface area contributed by atoms with Gasteiger partial charge in [-0.25, -0.2) is 0 Å². The van der Waals surface area contributed by atoms with Gasteiger partial charge in [-0.2, -0.15) is 0 Å². The van der Waals surface area contributed by atoms with Crippen LogP contribution in [0.5, 0.6) is 0 Å². The van der Waals surface area contributed by atoms with Gasteiger partial charge in [0, 0.05) is 11.1 Å². The summed E-state index contributed by atoms with van der Waals surface area (Å²) in [7, 11) is 2.07. The molecule has 0 saturated carbocycles. The van der Waals surface area contributed by atoms with Crippen LogP contribution < -0.4 is 5.46 Å². The predicted molar refractivity (Wildman–Crippen MR) is 89.9 cm³/mol. The molecule has 0 heterocycles. The third-order valence-corrected chi connectivity index (χ3v) is 3.51. The van der Waals surface area contributed by atoms with Crippen LogP contribution >= 0.6 is 0 Å². The first kappa shape index (κ1) is 13.4. The van der Waals surface area contributed by atoms with Gasteiger partial charge < -0.3 is 0 Å². The molecule has 0 amide bonds. The quantitative estimate of drug-likeness (QED) is 0.528. The molecule has 0 saturated heterocycles. The van der Waals surface area contributed by atoms with Crippen molar-refractivity contribution in [3.8, 4) is 11.1 Å². The van der Waals surface area contributed by atoms with Crippen molar-refractivity contribution in [3.05, 3.63) is 90.0 Å².